The van der Waals surface area contributed by atoms with Crippen LogP contribution in [0, 0.1) is 13.8 Å². The molecule has 0 radical (unpaired) electrons. The van der Waals surface area contributed by atoms with Crippen LogP contribution >= 0.6 is 0 Å². The van der Waals surface area contributed by atoms with Crippen molar-refractivity contribution in [1.82, 2.24) is 14.9 Å². The molecule has 3 heterocycles. The highest BCUT2D eigenvalue weighted by molar-refractivity contribution is 5.98. The molecule has 170 valence electrons. The Morgan fingerprint density at radius 3 is 2.48 bits per heavy atom. The van der Waals surface area contributed by atoms with Crippen LogP contribution in [-0.4, -0.2) is 60.2 Å². The van der Waals surface area contributed by atoms with Gasteiger partial charge in [-0.05, 0) is 38.1 Å². The number of para-hydroxylation sites is 1. The van der Waals surface area contributed by atoms with Crippen LogP contribution in [0.5, 0.6) is 11.5 Å². The van der Waals surface area contributed by atoms with E-state index < -0.39 is 0 Å². The number of carbonyl (C=O) groups is 1. The summed E-state index contributed by atoms with van der Waals surface area (Å²) >= 11 is 0. The van der Waals surface area contributed by atoms with Crippen LogP contribution < -0.4 is 19.7 Å². The second-order valence-corrected chi connectivity index (χ2v) is 8.29. The highest BCUT2D eigenvalue weighted by atomic mass is 16.6. The van der Waals surface area contributed by atoms with Crippen LogP contribution in [0.4, 0.5) is 17.5 Å². The molecule has 0 saturated carbocycles. The second kappa shape index (κ2) is 8.97. The van der Waals surface area contributed by atoms with Gasteiger partial charge in [0.25, 0.3) is 5.91 Å². The molecule has 0 spiro atoms. The van der Waals surface area contributed by atoms with E-state index in [9.17, 15) is 4.79 Å². The van der Waals surface area contributed by atoms with E-state index in [2.05, 4.69) is 34.3 Å². The van der Waals surface area contributed by atoms with Crippen LogP contribution in [0.2, 0.25) is 0 Å². The summed E-state index contributed by atoms with van der Waals surface area (Å²) in [7, 11) is 0. The van der Waals surface area contributed by atoms with Gasteiger partial charge in [-0.15, -0.1) is 0 Å². The van der Waals surface area contributed by atoms with Crippen LogP contribution in [0.15, 0.2) is 48.5 Å². The lowest BCUT2D eigenvalue weighted by atomic mass is 10.1. The van der Waals surface area contributed by atoms with E-state index in [0.717, 1.165) is 17.2 Å². The molecule has 2 aliphatic rings. The van der Waals surface area contributed by atoms with Crippen LogP contribution in [0.3, 0.4) is 0 Å². The number of ether oxygens (including phenoxy) is 2. The van der Waals surface area contributed by atoms with Gasteiger partial charge in [0.1, 0.15) is 19.0 Å². The fraction of sp³-hybridized carbons (Fsp3) is 0.320. The molecule has 0 atom stereocenters. The number of hydrogen-bond acceptors (Lipinski definition) is 7. The molecule has 0 bridgehead atoms. The Morgan fingerprint density at radius 2 is 1.70 bits per heavy atom. The Hall–Kier alpha value is -3.81. The summed E-state index contributed by atoms with van der Waals surface area (Å²) < 4.78 is 11.3. The van der Waals surface area contributed by atoms with Gasteiger partial charge in [-0.2, -0.15) is 4.98 Å². The van der Waals surface area contributed by atoms with Gasteiger partial charge < -0.3 is 24.6 Å². The fourth-order valence-electron chi connectivity index (χ4n) is 4.07. The third kappa shape index (κ3) is 4.55. The lowest BCUT2D eigenvalue weighted by Crippen LogP contribution is -2.49. The maximum atomic E-state index is 13.2. The van der Waals surface area contributed by atoms with Crippen molar-refractivity contribution in [1.29, 1.82) is 0 Å². The molecule has 1 N–H and O–H groups in total. The Bertz CT molecular complexity index is 1160. The lowest BCUT2D eigenvalue weighted by Gasteiger charge is -2.35. The minimum Gasteiger partial charge on any atom is -0.486 e. The molecule has 2 aromatic carbocycles. The van der Waals surface area contributed by atoms with Crippen molar-refractivity contribution >= 4 is 23.4 Å². The standard InChI is InChI=1S/C25H27N5O3/c1-17-6-8-19(9-7-17)27-22-16-18(2)26-25(28-22)30-12-10-29(11-13-30)24(31)20-4-3-5-21-23(20)33-15-14-32-21/h3-9,16H,10-15H2,1-2H3,(H,26,27,28). The molecule has 8 heteroatoms. The number of benzene rings is 2. The number of aromatic nitrogens is 2. The van der Waals surface area contributed by atoms with E-state index >= 15 is 0 Å². The quantitative estimate of drug-likeness (QED) is 0.658. The van der Waals surface area contributed by atoms with E-state index in [-0.39, 0.29) is 5.91 Å². The van der Waals surface area contributed by atoms with E-state index in [0.29, 0.717) is 62.4 Å². The predicted molar refractivity (Wildman–Crippen MR) is 127 cm³/mol. The summed E-state index contributed by atoms with van der Waals surface area (Å²) in [5.74, 6) is 2.57. The van der Waals surface area contributed by atoms with E-state index in [1.807, 2.05) is 42.2 Å². The lowest BCUT2D eigenvalue weighted by molar-refractivity contribution is 0.0735. The molecule has 1 aromatic heterocycles. The monoisotopic (exact) mass is 445 g/mol. The zero-order chi connectivity index (χ0) is 22.8. The Kier molecular flexibility index (Phi) is 5.73. The molecule has 2 aliphatic heterocycles. The number of rotatable bonds is 4. The third-order valence-electron chi connectivity index (χ3n) is 5.81. The first-order valence-electron chi connectivity index (χ1n) is 11.2. The van der Waals surface area contributed by atoms with Crippen molar-refractivity contribution in [2.75, 3.05) is 49.6 Å². The molecular weight excluding hydrogens is 418 g/mol. The van der Waals surface area contributed by atoms with Crippen LogP contribution in [0.25, 0.3) is 0 Å². The smallest absolute Gasteiger partial charge is 0.257 e. The summed E-state index contributed by atoms with van der Waals surface area (Å²) in [6.07, 6.45) is 0. The van der Waals surface area contributed by atoms with E-state index in [1.54, 1.807) is 6.07 Å². The summed E-state index contributed by atoms with van der Waals surface area (Å²) in [5, 5.41) is 3.36. The number of aryl methyl sites for hydroxylation is 2. The van der Waals surface area contributed by atoms with Gasteiger partial charge in [-0.3, -0.25) is 4.79 Å². The molecule has 8 nitrogen and oxygen atoms in total. The molecule has 5 rings (SSSR count). The molecule has 1 saturated heterocycles. The first-order chi connectivity index (χ1) is 16.1. The Morgan fingerprint density at radius 1 is 0.939 bits per heavy atom. The molecule has 1 amide bonds. The average Bonchev–Trinajstić information content (AvgIpc) is 2.84. The van der Waals surface area contributed by atoms with Gasteiger partial charge in [0.2, 0.25) is 5.95 Å². The number of nitrogens with zero attached hydrogens (tertiary/aromatic N) is 4. The molecule has 1 fully saturated rings. The molecule has 3 aromatic rings. The summed E-state index contributed by atoms with van der Waals surface area (Å²) in [6, 6.07) is 15.6. The molecule has 0 aliphatic carbocycles. The van der Waals surface area contributed by atoms with Crippen molar-refractivity contribution in [3.05, 3.63) is 65.4 Å². The van der Waals surface area contributed by atoms with Gasteiger partial charge in [-0.25, -0.2) is 4.98 Å². The van der Waals surface area contributed by atoms with E-state index in [1.165, 1.54) is 5.56 Å². The zero-order valence-electron chi connectivity index (χ0n) is 18.9. The minimum atomic E-state index is -0.0381. The number of carbonyl (C=O) groups excluding carboxylic acids is 1. The van der Waals surface area contributed by atoms with Crippen LogP contribution in [0.1, 0.15) is 21.6 Å². The summed E-state index contributed by atoms with van der Waals surface area (Å²) in [4.78, 5) is 26.5. The van der Waals surface area contributed by atoms with Crippen molar-refractivity contribution in [3.63, 3.8) is 0 Å². The van der Waals surface area contributed by atoms with Gasteiger partial charge in [0, 0.05) is 43.6 Å². The zero-order valence-corrected chi connectivity index (χ0v) is 18.9. The SMILES string of the molecule is Cc1ccc(Nc2cc(C)nc(N3CCN(C(=O)c4cccc5c4OCCO5)CC3)n2)cc1. The van der Waals surface area contributed by atoms with Crippen molar-refractivity contribution < 1.29 is 14.3 Å². The van der Waals surface area contributed by atoms with Gasteiger partial charge >= 0.3 is 0 Å². The fourth-order valence-corrected chi connectivity index (χ4v) is 4.07. The minimum absolute atomic E-state index is 0.0381. The maximum Gasteiger partial charge on any atom is 0.257 e. The number of piperazine rings is 1. The average molecular weight is 446 g/mol. The van der Waals surface area contributed by atoms with Gasteiger partial charge in [-0.1, -0.05) is 23.8 Å². The third-order valence-corrected chi connectivity index (χ3v) is 5.81. The summed E-state index contributed by atoms with van der Waals surface area (Å²) in [5.41, 5.74) is 3.64. The maximum absolute atomic E-state index is 13.2. The first-order valence-corrected chi connectivity index (χ1v) is 11.2. The van der Waals surface area contributed by atoms with Gasteiger partial charge in [0.15, 0.2) is 11.5 Å². The van der Waals surface area contributed by atoms with Crippen molar-refractivity contribution in [2.45, 2.75) is 13.8 Å². The largest absolute Gasteiger partial charge is 0.486 e. The highest BCUT2D eigenvalue weighted by Crippen LogP contribution is 2.34. The predicted octanol–water partition coefficient (Wildman–Crippen LogP) is 3.57. The van der Waals surface area contributed by atoms with Gasteiger partial charge in [0.05, 0.1) is 5.56 Å². The molecule has 0 unspecified atom stereocenters. The molecular formula is C25H27N5O3. The van der Waals surface area contributed by atoms with Crippen molar-refractivity contribution in [3.8, 4) is 11.5 Å². The normalized spacial score (nSPS) is 15.3. The first kappa shape index (κ1) is 21.1. The number of anilines is 3. The number of fused-ring (bicyclic) bond motifs is 1. The highest BCUT2D eigenvalue weighted by Gasteiger charge is 2.28. The Balaban J connectivity index is 1.27. The Labute approximate surface area is 193 Å². The van der Waals surface area contributed by atoms with Crippen molar-refractivity contribution in [2.24, 2.45) is 0 Å². The number of amides is 1. The number of hydrogen-bond donors (Lipinski definition) is 1. The second-order valence-electron chi connectivity index (χ2n) is 8.29. The van der Waals surface area contributed by atoms with Crippen LogP contribution in [-0.2, 0) is 0 Å². The van der Waals surface area contributed by atoms with E-state index in [4.69, 9.17) is 14.5 Å². The summed E-state index contributed by atoms with van der Waals surface area (Å²) in [6.45, 7) is 7.47. The topological polar surface area (TPSA) is 79.8 Å². The molecule has 33 heavy (non-hydrogen) atoms. The number of nitrogens with one attached hydrogen (secondary N) is 1.